The summed E-state index contributed by atoms with van der Waals surface area (Å²) in [7, 11) is 0. The molecule has 0 aromatic carbocycles. The summed E-state index contributed by atoms with van der Waals surface area (Å²) in [6, 6.07) is 0. The van der Waals surface area contributed by atoms with Crippen LogP contribution in [-0.4, -0.2) is 24.8 Å². The Morgan fingerprint density at radius 2 is 2.18 bits per heavy atom. The molecule has 3 N–H and O–H groups in total. The van der Waals surface area contributed by atoms with Crippen molar-refractivity contribution in [2.24, 2.45) is 34.3 Å². The Kier molecular flexibility index (Phi) is 3.71. The van der Waals surface area contributed by atoms with Gasteiger partial charge in [0.1, 0.15) is 5.78 Å². The minimum Gasteiger partial charge on any atom is -0.352 e. The highest BCUT2D eigenvalue weighted by molar-refractivity contribution is 5.99. The molecule has 4 nitrogen and oxygen atoms in total. The van der Waals surface area contributed by atoms with Gasteiger partial charge < -0.3 is 11.1 Å². The van der Waals surface area contributed by atoms with Crippen molar-refractivity contribution < 1.29 is 9.59 Å². The lowest BCUT2D eigenvalue weighted by Gasteiger charge is -2.40. The monoisotopic (exact) mass is 304 g/mol. The second-order valence-electron chi connectivity index (χ2n) is 7.76. The minimum absolute atomic E-state index is 0.00273. The van der Waals surface area contributed by atoms with Gasteiger partial charge in [0.25, 0.3) is 0 Å². The van der Waals surface area contributed by atoms with Gasteiger partial charge in [0, 0.05) is 24.0 Å². The zero-order valence-corrected chi connectivity index (χ0v) is 13.9. The van der Waals surface area contributed by atoms with Crippen molar-refractivity contribution in [1.29, 1.82) is 0 Å². The number of hydrogen-bond donors (Lipinski definition) is 2. The van der Waals surface area contributed by atoms with Crippen LogP contribution in [0, 0.1) is 28.6 Å². The maximum absolute atomic E-state index is 12.9. The lowest BCUT2D eigenvalue weighted by Crippen LogP contribution is -2.44. The number of nitrogens with two attached hydrogens (primary N) is 1. The molecule has 0 heterocycles. The van der Waals surface area contributed by atoms with Crippen molar-refractivity contribution >= 4 is 11.7 Å². The molecule has 2 saturated carbocycles. The van der Waals surface area contributed by atoms with Crippen LogP contribution in [-0.2, 0) is 9.59 Å². The molecule has 3 rings (SSSR count). The molecule has 0 aliphatic heterocycles. The summed E-state index contributed by atoms with van der Waals surface area (Å²) in [4.78, 5) is 25.5. The van der Waals surface area contributed by atoms with E-state index in [-0.39, 0.29) is 22.7 Å². The van der Waals surface area contributed by atoms with Gasteiger partial charge in [-0.25, -0.2) is 0 Å². The lowest BCUT2D eigenvalue weighted by molar-refractivity contribution is -0.132. The molecule has 1 spiro atoms. The number of nitrogens with one attached hydrogen (secondary N) is 1. The van der Waals surface area contributed by atoms with Crippen LogP contribution in [0.5, 0.6) is 0 Å². The Morgan fingerprint density at radius 1 is 1.45 bits per heavy atom. The first-order valence-electron chi connectivity index (χ1n) is 8.63. The van der Waals surface area contributed by atoms with Gasteiger partial charge in [-0.1, -0.05) is 26.8 Å². The average molecular weight is 304 g/mol. The molecule has 3 aliphatic carbocycles. The largest absolute Gasteiger partial charge is 0.352 e. The first-order valence-corrected chi connectivity index (χ1v) is 8.63. The predicted octanol–water partition coefficient (Wildman–Crippen LogP) is 2.04. The van der Waals surface area contributed by atoms with Crippen molar-refractivity contribution in [2.45, 2.75) is 46.5 Å². The maximum Gasteiger partial charge on any atom is 0.247 e. The van der Waals surface area contributed by atoms with Crippen molar-refractivity contribution in [3.05, 3.63) is 11.6 Å². The summed E-state index contributed by atoms with van der Waals surface area (Å²) in [5.41, 5.74) is 5.84. The maximum atomic E-state index is 12.9. The van der Waals surface area contributed by atoms with Crippen molar-refractivity contribution in [3.63, 3.8) is 0 Å². The Morgan fingerprint density at radius 3 is 2.86 bits per heavy atom. The molecule has 1 amide bonds. The molecular weight excluding hydrogens is 276 g/mol. The minimum atomic E-state index is -0.326. The molecule has 3 aliphatic rings. The fraction of sp³-hybridized carbons (Fsp3) is 0.778. The van der Waals surface area contributed by atoms with E-state index in [1.165, 1.54) is 0 Å². The van der Waals surface area contributed by atoms with Gasteiger partial charge in [-0.15, -0.1) is 0 Å². The molecule has 2 fully saturated rings. The molecular formula is C18H28N2O2. The molecule has 0 bridgehead atoms. The third-order valence-corrected chi connectivity index (χ3v) is 6.71. The quantitative estimate of drug-likeness (QED) is 0.781. The van der Waals surface area contributed by atoms with Gasteiger partial charge >= 0.3 is 0 Å². The van der Waals surface area contributed by atoms with E-state index in [0.717, 1.165) is 24.8 Å². The number of hydrogen-bond acceptors (Lipinski definition) is 3. The molecule has 0 radical (unpaired) electrons. The smallest absolute Gasteiger partial charge is 0.247 e. The van der Waals surface area contributed by atoms with Gasteiger partial charge in [0.2, 0.25) is 5.91 Å². The first-order chi connectivity index (χ1) is 10.4. The van der Waals surface area contributed by atoms with E-state index < -0.39 is 0 Å². The second-order valence-corrected chi connectivity index (χ2v) is 7.76. The zero-order chi connectivity index (χ0) is 16.1. The third-order valence-electron chi connectivity index (χ3n) is 6.71. The van der Waals surface area contributed by atoms with Gasteiger partial charge in [0.05, 0.1) is 0 Å². The van der Waals surface area contributed by atoms with Crippen LogP contribution >= 0.6 is 0 Å². The number of carbonyl (C=O) groups is 2. The molecule has 1 unspecified atom stereocenters. The summed E-state index contributed by atoms with van der Waals surface area (Å²) >= 11 is 0. The van der Waals surface area contributed by atoms with E-state index in [1.807, 2.05) is 0 Å². The average Bonchev–Trinajstić information content (AvgIpc) is 2.99. The SMILES string of the molecule is C[C@@H]1C(C(=O)NCCCN)=C[C@@]2(C)CC[C@H]3[C@@H](C)CC(=O)C132. The molecule has 122 valence electrons. The number of carbonyl (C=O) groups excluding carboxylic acids is 2. The van der Waals surface area contributed by atoms with E-state index in [0.29, 0.717) is 37.1 Å². The van der Waals surface area contributed by atoms with Crippen molar-refractivity contribution in [3.8, 4) is 0 Å². The highest BCUT2D eigenvalue weighted by Gasteiger charge is 2.70. The van der Waals surface area contributed by atoms with E-state index in [1.54, 1.807) is 0 Å². The highest BCUT2D eigenvalue weighted by Crippen LogP contribution is 2.71. The van der Waals surface area contributed by atoms with Crippen LogP contribution in [0.15, 0.2) is 11.6 Å². The molecule has 0 aromatic heterocycles. The van der Waals surface area contributed by atoms with Crippen LogP contribution in [0.2, 0.25) is 0 Å². The third kappa shape index (κ3) is 1.79. The van der Waals surface area contributed by atoms with Gasteiger partial charge in [-0.2, -0.15) is 0 Å². The Labute approximate surface area is 132 Å². The van der Waals surface area contributed by atoms with Gasteiger partial charge in [-0.05, 0) is 49.0 Å². The fourth-order valence-corrected chi connectivity index (χ4v) is 5.81. The predicted molar refractivity (Wildman–Crippen MR) is 86.0 cm³/mol. The number of allylic oxidation sites excluding steroid dienone is 1. The number of Topliss-reactive ketones (excluding diaryl/α,β-unsaturated/α-hetero) is 1. The summed E-state index contributed by atoms with van der Waals surface area (Å²) in [5, 5.41) is 2.97. The van der Waals surface area contributed by atoms with Crippen LogP contribution < -0.4 is 11.1 Å². The van der Waals surface area contributed by atoms with Crippen molar-refractivity contribution in [1.82, 2.24) is 5.32 Å². The number of amides is 1. The van der Waals surface area contributed by atoms with Crippen LogP contribution in [0.1, 0.15) is 46.5 Å². The number of rotatable bonds is 4. The van der Waals surface area contributed by atoms with E-state index in [2.05, 4.69) is 32.2 Å². The molecule has 22 heavy (non-hydrogen) atoms. The first kappa shape index (κ1) is 15.7. The molecule has 4 heteroatoms. The standard InChI is InChI=1S/C18H28N2O2/c1-11-9-15(21)18-12(2)13(16(22)20-8-4-7-19)10-17(18,3)6-5-14(11)18/h10-12,14H,4-9,19H2,1-3H3,(H,20,22)/t11-,12+,14-,17+,18?/m0/s1. The topological polar surface area (TPSA) is 72.2 Å². The number of ketones is 1. The summed E-state index contributed by atoms with van der Waals surface area (Å²) in [6.07, 6.45) is 5.74. The van der Waals surface area contributed by atoms with Gasteiger partial charge in [-0.3, -0.25) is 9.59 Å². The summed E-state index contributed by atoms with van der Waals surface area (Å²) < 4.78 is 0. The van der Waals surface area contributed by atoms with E-state index in [4.69, 9.17) is 5.73 Å². The van der Waals surface area contributed by atoms with Crippen LogP contribution in [0.4, 0.5) is 0 Å². The Hall–Kier alpha value is -1.16. The zero-order valence-electron chi connectivity index (χ0n) is 13.9. The van der Waals surface area contributed by atoms with Gasteiger partial charge in [0.15, 0.2) is 0 Å². The Bertz CT molecular complexity index is 541. The fourth-order valence-electron chi connectivity index (χ4n) is 5.81. The second kappa shape index (κ2) is 5.19. The highest BCUT2D eigenvalue weighted by atomic mass is 16.2. The van der Waals surface area contributed by atoms with Crippen molar-refractivity contribution in [2.75, 3.05) is 13.1 Å². The summed E-state index contributed by atoms with van der Waals surface area (Å²) in [5.74, 6) is 1.30. The van der Waals surface area contributed by atoms with E-state index >= 15 is 0 Å². The summed E-state index contributed by atoms with van der Waals surface area (Å²) in [6.45, 7) is 7.67. The molecule has 0 aromatic rings. The Balaban J connectivity index is 1.90. The van der Waals surface area contributed by atoms with E-state index in [9.17, 15) is 9.59 Å². The molecule has 0 saturated heterocycles. The normalized spacial score (nSPS) is 43.0. The van der Waals surface area contributed by atoms with Crippen LogP contribution in [0.3, 0.4) is 0 Å². The molecule has 5 atom stereocenters. The van der Waals surface area contributed by atoms with Crippen LogP contribution in [0.25, 0.3) is 0 Å². The lowest BCUT2D eigenvalue weighted by atomic mass is 9.60.